The zero-order valence-corrected chi connectivity index (χ0v) is 19.3. The van der Waals surface area contributed by atoms with Crippen LogP contribution in [-0.4, -0.2) is 23.1 Å². The first kappa shape index (κ1) is 19.2. The third-order valence-corrected chi connectivity index (χ3v) is 7.13. The van der Waals surface area contributed by atoms with Crippen molar-refractivity contribution in [2.24, 2.45) is 0 Å². The molecule has 1 amide bonds. The summed E-state index contributed by atoms with van der Waals surface area (Å²) in [6, 6.07) is 13.1. The van der Waals surface area contributed by atoms with E-state index in [0.29, 0.717) is 22.0 Å². The van der Waals surface area contributed by atoms with Gasteiger partial charge in [-0.05, 0) is 51.8 Å². The Morgan fingerprint density at radius 1 is 1.07 bits per heavy atom. The van der Waals surface area contributed by atoms with Crippen LogP contribution in [0, 0.1) is 0 Å². The molecule has 0 aliphatic carbocycles. The van der Waals surface area contributed by atoms with Crippen LogP contribution in [0.25, 0.3) is 11.0 Å². The number of thioether (sulfide) groups is 1. The number of nitrogens with zero attached hydrogens (tertiary/aromatic N) is 1. The van der Waals surface area contributed by atoms with Crippen molar-refractivity contribution in [3.8, 4) is 0 Å². The fourth-order valence-electron chi connectivity index (χ4n) is 3.04. The van der Waals surface area contributed by atoms with Gasteiger partial charge in [0.15, 0.2) is 5.58 Å². The molecular weight excluding hydrogens is 562 g/mol. The predicted octanol–water partition coefficient (Wildman–Crippen LogP) is 5.97. The molecule has 2 heterocycles. The van der Waals surface area contributed by atoms with E-state index in [0.717, 1.165) is 20.3 Å². The summed E-state index contributed by atoms with van der Waals surface area (Å²) in [4.78, 5) is 27.4. The Balaban J connectivity index is 1.74. The van der Waals surface area contributed by atoms with Gasteiger partial charge in [0.1, 0.15) is 10.9 Å². The number of hydrogen-bond donors (Lipinski definition) is 0. The second-order valence-electron chi connectivity index (χ2n) is 6.03. The summed E-state index contributed by atoms with van der Waals surface area (Å²) >= 11 is 11.9. The number of carbonyl (C=O) groups excluding carboxylic acids is 1. The van der Waals surface area contributed by atoms with E-state index in [9.17, 15) is 9.59 Å². The predicted molar refractivity (Wildman–Crippen MR) is 118 cm³/mol. The SMILES string of the molecule is O=C(c1cc2cc(Br)cc(Br)c2oc1=O)N1CCS[C@@H]1c1ccc(Br)cc1. The lowest BCUT2D eigenvalue weighted by molar-refractivity contribution is 0.0756. The topological polar surface area (TPSA) is 50.5 Å². The minimum Gasteiger partial charge on any atom is -0.421 e. The molecule has 0 spiro atoms. The van der Waals surface area contributed by atoms with Crippen molar-refractivity contribution < 1.29 is 9.21 Å². The smallest absolute Gasteiger partial charge is 0.349 e. The second-order valence-corrected chi connectivity index (χ2v) is 9.90. The van der Waals surface area contributed by atoms with E-state index in [1.807, 2.05) is 30.3 Å². The molecule has 138 valence electrons. The Morgan fingerprint density at radius 3 is 2.56 bits per heavy atom. The summed E-state index contributed by atoms with van der Waals surface area (Å²) in [5.41, 5.74) is 0.892. The second kappa shape index (κ2) is 7.73. The highest BCUT2D eigenvalue weighted by Crippen LogP contribution is 2.39. The first-order chi connectivity index (χ1) is 12.9. The fraction of sp³-hybridized carbons (Fsp3) is 0.158. The van der Waals surface area contributed by atoms with E-state index in [1.165, 1.54) is 0 Å². The van der Waals surface area contributed by atoms with Crippen molar-refractivity contribution >= 4 is 76.4 Å². The number of fused-ring (bicyclic) bond motifs is 1. The van der Waals surface area contributed by atoms with Crippen LogP contribution in [0.3, 0.4) is 0 Å². The number of rotatable bonds is 2. The third-order valence-electron chi connectivity index (χ3n) is 4.29. The minimum absolute atomic E-state index is 0.0529. The molecular formula is C19H12Br3NO3S. The van der Waals surface area contributed by atoms with Gasteiger partial charge in [-0.3, -0.25) is 4.79 Å². The molecule has 0 unspecified atom stereocenters. The Kier molecular flexibility index (Phi) is 5.51. The standard InChI is InChI=1S/C19H12Br3NO3S/c20-12-3-1-10(2-4-12)18-23(5-6-27-18)17(24)14-8-11-7-13(21)9-15(22)16(11)26-19(14)25/h1-4,7-9,18H,5-6H2/t18-/m1/s1. The highest BCUT2D eigenvalue weighted by molar-refractivity contribution is 9.11. The van der Waals surface area contributed by atoms with E-state index >= 15 is 0 Å². The van der Waals surface area contributed by atoms with Gasteiger partial charge in [-0.15, -0.1) is 11.8 Å². The molecule has 1 fully saturated rings. The Labute approximate surface area is 184 Å². The summed E-state index contributed by atoms with van der Waals surface area (Å²) in [7, 11) is 0. The van der Waals surface area contributed by atoms with Crippen LogP contribution in [0.1, 0.15) is 21.3 Å². The molecule has 0 bridgehead atoms. The van der Waals surface area contributed by atoms with Crippen LogP contribution in [0.5, 0.6) is 0 Å². The van der Waals surface area contributed by atoms with Crippen molar-refractivity contribution in [1.29, 1.82) is 0 Å². The van der Waals surface area contributed by atoms with E-state index < -0.39 is 5.63 Å². The molecule has 1 aliphatic rings. The minimum atomic E-state index is -0.623. The van der Waals surface area contributed by atoms with Crippen LogP contribution in [0.2, 0.25) is 0 Å². The maximum Gasteiger partial charge on any atom is 0.349 e. The molecule has 1 atom stereocenters. The zero-order chi connectivity index (χ0) is 19.1. The number of halogens is 3. The molecule has 1 aliphatic heterocycles. The molecule has 3 aromatic rings. The van der Waals surface area contributed by atoms with Gasteiger partial charge >= 0.3 is 5.63 Å². The Bertz CT molecular complexity index is 1100. The Hall–Kier alpha value is -1.09. The molecule has 4 nitrogen and oxygen atoms in total. The lowest BCUT2D eigenvalue weighted by Gasteiger charge is -2.24. The summed E-state index contributed by atoms with van der Waals surface area (Å²) in [5, 5.41) is 0.571. The van der Waals surface area contributed by atoms with Crippen LogP contribution in [0.4, 0.5) is 0 Å². The van der Waals surface area contributed by atoms with Crippen LogP contribution >= 0.6 is 59.6 Å². The van der Waals surface area contributed by atoms with Gasteiger partial charge in [-0.2, -0.15) is 0 Å². The van der Waals surface area contributed by atoms with Crippen molar-refractivity contribution in [3.05, 3.63) is 77.4 Å². The average molecular weight is 574 g/mol. The normalized spacial score (nSPS) is 16.9. The van der Waals surface area contributed by atoms with Gasteiger partial charge < -0.3 is 9.32 Å². The molecule has 2 aromatic carbocycles. The molecule has 1 aromatic heterocycles. The number of amides is 1. The van der Waals surface area contributed by atoms with E-state index in [4.69, 9.17) is 4.42 Å². The Morgan fingerprint density at radius 2 is 1.81 bits per heavy atom. The zero-order valence-electron chi connectivity index (χ0n) is 13.7. The van der Waals surface area contributed by atoms with Gasteiger partial charge in [-0.25, -0.2) is 4.79 Å². The lowest BCUT2D eigenvalue weighted by Crippen LogP contribution is -2.33. The maximum absolute atomic E-state index is 13.2. The monoisotopic (exact) mass is 571 g/mol. The molecule has 0 radical (unpaired) electrons. The summed E-state index contributed by atoms with van der Waals surface area (Å²) < 4.78 is 7.91. The van der Waals surface area contributed by atoms with Gasteiger partial charge in [0.25, 0.3) is 5.91 Å². The average Bonchev–Trinajstić information content (AvgIpc) is 3.11. The quantitative estimate of drug-likeness (QED) is 0.355. The number of benzene rings is 2. The van der Waals surface area contributed by atoms with Crippen molar-refractivity contribution in [2.45, 2.75) is 5.37 Å². The highest BCUT2D eigenvalue weighted by Gasteiger charge is 2.33. The van der Waals surface area contributed by atoms with Crippen LogP contribution in [-0.2, 0) is 0 Å². The van der Waals surface area contributed by atoms with Crippen molar-refractivity contribution in [2.75, 3.05) is 12.3 Å². The van der Waals surface area contributed by atoms with Crippen LogP contribution < -0.4 is 5.63 Å². The van der Waals surface area contributed by atoms with Gasteiger partial charge in [0, 0.05) is 26.6 Å². The van der Waals surface area contributed by atoms with Gasteiger partial charge in [-0.1, -0.05) is 44.0 Å². The van der Waals surface area contributed by atoms with Gasteiger partial charge in [0.2, 0.25) is 0 Å². The fourth-order valence-corrected chi connectivity index (χ4v) is 5.90. The number of hydrogen-bond acceptors (Lipinski definition) is 4. The highest BCUT2D eigenvalue weighted by atomic mass is 79.9. The van der Waals surface area contributed by atoms with Crippen molar-refractivity contribution in [1.82, 2.24) is 4.90 Å². The lowest BCUT2D eigenvalue weighted by atomic mass is 10.1. The largest absolute Gasteiger partial charge is 0.421 e. The van der Waals surface area contributed by atoms with E-state index in [1.54, 1.807) is 28.8 Å². The first-order valence-electron chi connectivity index (χ1n) is 8.05. The van der Waals surface area contributed by atoms with Crippen molar-refractivity contribution in [3.63, 3.8) is 0 Å². The molecule has 0 saturated carbocycles. The van der Waals surface area contributed by atoms with Gasteiger partial charge in [0.05, 0.1) is 4.47 Å². The molecule has 8 heteroatoms. The van der Waals surface area contributed by atoms with E-state index in [-0.39, 0.29) is 16.8 Å². The van der Waals surface area contributed by atoms with E-state index in [2.05, 4.69) is 47.8 Å². The third kappa shape index (κ3) is 3.77. The number of carbonyl (C=O) groups is 1. The maximum atomic E-state index is 13.2. The molecule has 27 heavy (non-hydrogen) atoms. The van der Waals surface area contributed by atoms with Crippen LogP contribution in [0.15, 0.2) is 65.1 Å². The molecule has 0 N–H and O–H groups in total. The summed E-state index contributed by atoms with van der Waals surface area (Å²) in [6.07, 6.45) is 0. The molecule has 4 rings (SSSR count). The summed E-state index contributed by atoms with van der Waals surface area (Å²) in [6.45, 7) is 0.587. The molecule has 1 saturated heterocycles. The summed E-state index contributed by atoms with van der Waals surface area (Å²) in [5.74, 6) is 0.516. The first-order valence-corrected chi connectivity index (χ1v) is 11.5.